The highest BCUT2D eigenvalue weighted by Crippen LogP contribution is 2.48. The molecular weight excluding hydrogens is 432 g/mol. The summed E-state index contributed by atoms with van der Waals surface area (Å²) in [6.45, 7) is 1.80. The number of halogens is 2. The maximum absolute atomic E-state index is 13.4. The minimum Gasteiger partial charge on any atom is -0.394 e. The molecule has 4 heterocycles. The molecule has 0 spiro atoms. The number of aliphatic hydroxyl groups excluding tert-OH is 2. The number of nitrogens with zero attached hydrogens (tertiary/aromatic N) is 7. The van der Waals surface area contributed by atoms with Gasteiger partial charge in [0, 0.05) is 36.4 Å². The van der Waals surface area contributed by atoms with Crippen molar-refractivity contribution >= 4 is 5.52 Å². The van der Waals surface area contributed by atoms with Crippen LogP contribution >= 0.6 is 0 Å². The normalized spacial score (nSPS) is 17.8. The molecule has 4 aromatic rings. The molecule has 0 aromatic carbocycles. The molecule has 1 aliphatic carbocycles. The van der Waals surface area contributed by atoms with E-state index in [0.29, 0.717) is 11.4 Å². The number of alkyl halides is 2. The summed E-state index contributed by atoms with van der Waals surface area (Å²) in [5, 5.41) is 31.8. The molecule has 0 saturated heterocycles. The Morgan fingerprint density at radius 1 is 1.12 bits per heavy atom. The van der Waals surface area contributed by atoms with Gasteiger partial charge in [0.2, 0.25) is 5.92 Å². The van der Waals surface area contributed by atoms with Crippen molar-refractivity contribution < 1.29 is 19.0 Å². The maximum Gasteiger partial charge on any atom is 0.248 e. The van der Waals surface area contributed by atoms with Crippen molar-refractivity contribution in [2.75, 3.05) is 6.61 Å². The second-order valence-electron chi connectivity index (χ2n) is 8.63. The van der Waals surface area contributed by atoms with Gasteiger partial charge in [-0.05, 0) is 18.4 Å². The Morgan fingerprint density at radius 2 is 1.91 bits per heavy atom. The Morgan fingerprint density at radius 3 is 2.64 bits per heavy atom. The fraction of sp³-hybridized carbons (Fsp3) is 0.455. The lowest BCUT2D eigenvalue weighted by atomic mass is 9.75. The number of rotatable bonds is 8. The van der Waals surface area contributed by atoms with E-state index in [2.05, 4.69) is 15.3 Å². The van der Waals surface area contributed by atoms with Crippen LogP contribution in [0.5, 0.6) is 0 Å². The van der Waals surface area contributed by atoms with Crippen LogP contribution in [0, 0.1) is 5.92 Å². The van der Waals surface area contributed by atoms with E-state index < -0.39 is 12.0 Å². The van der Waals surface area contributed by atoms with Gasteiger partial charge < -0.3 is 10.2 Å². The van der Waals surface area contributed by atoms with Gasteiger partial charge in [-0.15, -0.1) is 0 Å². The smallest absolute Gasteiger partial charge is 0.248 e. The van der Waals surface area contributed by atoms with E-state index in [1.165, 1.54) is 0 Å². The molecule has 1 saturated carbocycles. The Bertz CT molecular complexity index is 1260. The topological polar surface area (TPSA) is 106 Å². The van der Waals surface area contributed by atoms with Crippen LogP contribution in [-0.4, -0.2) is 63.0 Å². The molecule has 0 aliphatic heterocycles. The molecule has 0 radical (unpaired) electrons. The molecule has 0 amide bonds. The Balaban J connectivity index is 1.47. The molecular formula is C22H25F2N7O2. The standard InChI is InChI=1S/C22H25F2N7O2/c1-2-19(14-5-22(23,24)6-14)30-10-16(8-27-30)21-20-3-4-25-31(20)12-18(28-21)15-7-26-29(9-15)11-17(33)13-32/h3-4,7-10,12,14,17,19,32-33H,2,5-6,11,13H2,1H3/t17-,19?/m1/s1. The van der Waals surface area contributed by atoms with E-state index in [4.69, 9.17) is 10.1 Å². The van der Waals surface area contributed by atoms with E-state index in [9.17, 15) is 13.9 Å². The van der Waals surface area contributed by atoms with Crippen LogP contribution in [0.1, 0.15) is 32.2 Å². The molecule has 174 valence electrons. The zero-order valence-electron chi connectivity index (χ0n) is 18.1. The lowest BCUT2D eigenvalue weighted by molar-refractivity contribution is -0.125. The van der Waals surface area contributed by atoms with Crippen molar-refractivity contribution in [3.8, 4) is 22.5 Å². The third-order valence-electron chi connectivity index (χ3n) is 6.23. The van der Waals surface area contributed by atoms with Gasteiger partial charge in [-0.2, -0.15) is 15.3 Å². The van der Waals surface area contributed by atoms with Crippen LogP contribution in [0.3, 0.4) is 0 Å². The molecule has 0 bridgehead atoms. The molecule has 1 unspecified atom stereocenters. The van der Waals surface area contributed by atoms with E-state index in [1.807, 2.05) is 19.2 Å². The molecule has 5 rings (SSSR count). The number of hydrogen-bond acceptors (Lipinski definition) is 6. The quantitative estimate of drug-likeness (QED) is 0.422. The first-order valence-corrected chi connectivity index (χ1v) is 11.0. The lowest BCUT2D eigenvalue weighted by Gasteiger charge is -2.39. The van der Waals surface area contributed by atoms with Crippen LogP contribution in [0.4, 0.5) is 8.78 Å². The largest absolute Gasteiger partial charge is 0.394 e. The van der Waals surface area contributed by atoms with Crippen LogP contribution in [0.25, 0.3) is 28.0 Å². The summed E-state index contributed by atoms with van der Waals surface area (Å²) in [6.07, 6.45) is 10.0. The monoisotopic (exact) mass is 457 g/mol. The van der Waals surface area contributed by atoms with E-state index in [-0.39, 0.29) is 38.0 Å². The second kappa shape index (κ2) is 8.31. The van der Waals surface area contributed by atoms with E-state index in [0.717, 1.165) is 23.1 Å². The third-order valence-corrected chi connectivity index (χ3v) is 6.23. The highest BCUT2D eigenvalue weighted by atomic mass is 19.3. The van der Waals surface area contributed by atoms with Crippen LogP contribution in [-0.2, 0) is 6.54 Å². The SMILES string of the molecule is CCC(C1CC(F)(F)C1)n1cc(-c2nc(-c3cnn(C[C@@H](O)CO)c3)cn3nccc23)cn1. The first kappa shape index (κ1) is 21.7. The van der Waals surface area contributed by atoms with Gasteiger partial charge in [0.05, 0.1) is 67.0 Å². The van der Waals surface area contributed by atoms with Crippen molar-refractivity contribution in [2.24, 2.45) is 5.92 Å². The van der Waals surface area contributed by atoms with Crippen LogP contribution < -0.4 is 0 Å². The molecule has 2 N–H and O–H groups in total. The van der Waals surface area contributed by atoms with Gasteiger partial charge in [-0.25, -0.2) is 18.3 Å². The fourth-order valence-electron chi connectivity index (χ4n) is 4.51. The van der Waals surface area contributed by atoms with Gasteiger partial charge in [0.1, 0.15) is 0 Å². The first-order valence-electron chi connectivity index (χ1n) is 11.0. The maximum atomic E-state index is 13.4. The van der Waals surface area contributed by atoms with Crippen molar-refractivity contribution in [1.82, 2.24) is 34.2 Å². The summed E-state index contributed by atoms with van der Waals surface area (Å²) in [6, 6.07) is 1.77. The summed E-state index contributed by atoms with van der Waals surface area (Å²) in [4.78, 5) is 4.83. The minimum atomic E-state index is -2.56. The summed E-state index contributed by atoms with van der Waals surface area (Å²) >= 11 is 0. The Hall–Kier alpha value is -3.18. The first-order chi connectivity index (χ1) is 15.9. The van der Waals surface area contributed by atoms with Gasteiger partial charge in [0.15, 0.2) is 0 Å². The summed E-state index contributed by atoms with van der Waals surface area (Å²) in [5.41, 5.74) is 3.60. The molecule has 11 heteroatoms. The average molecular weight is 457 g/mol. The van der Waals surface area contributed by atoms with Gasteiger partial charge in [-0.1, -0.05) is 6.92 Å². The summed E-state index contributed by atoms with van der Waals surface area (Å²) in [5.74, 6) is -2.65. The Labute approximate surface area is 188 Å². The molecule has 4 aromatic heterocycles. The highest BCUT2D eigenvalue weighted by molar-refractivity contribution is 5.78. The fourth-order valence-corrected chi connectivity index (χ4v) is 4.51. The van der Waals surface area contributed by atoms with Gasteiger partial charge >= 0.3 is 0 Å². The zero-order chi connectivity index (χ0) is 23.2. The van der Waals surface area contributed by atoms with E-state index >= 15 is 0 Å². The molecule has 33 heavy (non-hydrogen) atoms. The number of hydrogen-bond donors (Lipinski definition) is 2. The minimum absolute atomic E-state index is 0.0846. The van der Waals surface area contributed by atoms with Crippen molar-refractivity contribution in [3.05, 3.63) is 43.2 Å². The average Bonchev–Trinajstić information content (AvgIpc) is 3.53. The third kappa shape index (κ3) is 4.13. The van der Waals surface area contributed by atoms with Gasteiger partial charge in [-0.3, -0.25) is 9.36 Å². The predicted octanol–water partition coefficient (Wildman–Crippen LogP) is 2.81. The van der Waals surface area contributed by atoms with Crippen molar-refractivity contribution in [2.45, 2.75) is 50.8 Å². The summed E-state index contributed by atoms with van der Waals surface area (Å²) < 4.78 is 31.9. The van der Waals surface area contributed by atoms with Crippen LogP contribution in [0.2, 0.25) is 0 Å². The molecule has 1 aliphatic rings. The summed E-state index contributed by atoms with van der Waals surface area (Å²) in [7, 11) is 0. The van der Waals surface area contributed by atoms with Crippen LogP contribution in [0.15, 0.2) is 43.2 Å². The van der Waals surface area contributed by atoms with Crippen molar-refractivity contribution in [1.29, 1.82) is 0 Å². The Kier molecular flexibility index (Phi) is 5.45. The second-order valence-corrected chi connectivity index (χ2v) is 8.63. The van der Waals surface area contributed by atoms with Gasteiger partial charge in [0.25, 0.3) is 0 Å². The number of aromatic nitrogens is 7. The number of aliphatic hydroxyl groups is 2. The lowest BCUT2D eigenvalue weighted by Crippen LogP contribution is -2.40. The molecule has 9 nitrogen and oxygen atoms in total. The zero-order valence-corrected chi connectivity index (χ0v) is 18.1. The highest BCUT2D eigenvalue weighted by Gasteiger charge is 2.48. The molecule has 2 atom stereocenters. The van der Waals surface area contributed by atoms with Crippen molar-refractivity contribution in [3.63, 3.8) is 0 Å². The van der Waals surface area contributed by atoms with E-state index in [1.54, 1.807) is 44.9 Å². The molecule has 1 fully saturated rings. The predicted molar refractivity (Wildman–Crippen MR) is 116 cm³/mol. The number of fused-ring (bicyclic) bond motifs is 1.